The molecule has 0 bridgehead atoms. The van der Waals surface area contributed by atoms with Crippen LogP contribution in [0.3, 0.4) is 0 Å². The maximum absolute atomic E-state index is 13.4. The highest BCUT2D eigenvalue weighted by molar-refractivity contribution is 6.31. The Labute approximate surface area is 115 Å². The van der Waals surface area contributed by atoms with Crippen LogP contribution in [0.25, 0.3) is 11.1 Å². The molecule has 0 radical (unpaired) electrons. The van der Waals surface area contributed by atoms with Gasteiger partial charge >= 0.3 is 0 Å². The second-order valence-corrected chi connectivity index (χ2v) is 5.60. The molecule has 1 heterocycles. The number of hydrogen-bond donors (Lipinski definition) is 1. The summed E-state index contributed by atoms with van der Waals surface area (Å²) < 4.78 is 19.1. The molecule has 2 unspecified atom stereocenters. The fraction of sp³-hybridized carbons (Fsp3) is 0.500. The SMILES string of the molecule is NC1CCCCCC1c1nc2cc(Cl)c(F)cc2o1. The lowest BCUT2D eigenvalue weighted by Gasteiger charge is -2.17. The molecular formula is C14H16ClFN2O. The third-order valence-corrected chi connectivity index (χ3v) is 4.12. The number of fused-ring (bicyclic) bond motifs is 1. The van der Waals surface area contributed by atoms with E-state index >= 15 is 0 Å². The summed E-state index contributed by atoms with van der Waals surface area (Å²) in [6.07, 6.45) is 5.44. The minimum absolute atomic E-state index is 0.0656. The molecule has 3 nitrogen and oxygen atoms in total. The summed E-state index contributed by atoms with van der Waals surface area (Å²) in [6.45, 7) is 0. The zero-order valence-corrected chi connectivity index (χ0v) is 11.3. The lowest BCUT2D eigenvalue weighted by atomic mass is 9.95. The molecule has 19 heavy (non-hydrogen) atoms. The van der Waals surface area contributed by atoms with Gasteiger partial charge in [-0.2, -0.15) is 0 Å². The average molecular weight is 283 g/mol. The number of rotatable bonds is 1. The van der Waals surface area contributed by atoms with Gasteiger partial charge in [0.25, 0.3) is 0 Å². The maximum atomic E-state index is 13.4. The Morgan fingerprint density at radius 3 is 2.89 bits per heavy atom. The van der Waals surface area contributed by atoms with Gasteiger partial charge in [0.2, 0.25) is 0 Å². The smallest absolute Gasteiger partial charge is 0.200 e. The van der Waals surface area contributed by atoms with E-state index in [1.54, 1.807) is 0 Å². The van der Waals surface area contributed by atoms with Crippen molar-refractivity contribution in [1.29, 1.82) is 0 Å². The molecule has 102 valence electrons. The highest BCUT2D eigenvalue weighted by Crippen LogP contribution is 2.33. The molecule has 0 saturated heterocycles. The van der Waals surface area contributed by atoms with E-state index < -0.39 is 5.82 Å². The molecule has 1 fully saturated rings. The monoisotopic (exact) mass is 282 g/mol. The Bertz CT molecular complexity index is 559. The van der Waals surface area contributed by atoms with Gasteiger partial charge in [0.15, 0.2) is 11.5 Å². The van der Waals surface area contributed by atoms with Crippen molar-refractivity contribution in [2.75, 3.05) is 0 Å². The van der Waals surface area contributed by atoms with Gasteiger partial charge in [-0.25, -0.2) is 9.37 Å². The predicted molar refractivity (Wildman–Crippen MR) is 72.8 cm³/mol. The Balaban J connectivity index is 2.00. The van der Waals surface area contributed by atoms with Crippen molar-refractivity contribution in [3.8, 4) is 0 Å². The second-order valence-electron chi connectivity index (χ2n) is 5.19. The third-order valence-electron chi connectivity index (χ3n) is 3.83. The highest BCUT2D eigenvalue weighted by Gasteiger charge is 2.26. The molecule has 2 atom stereocenters. The summed E-state index contributed by atoms with van der Waals surface area (Å²) in [5.74, 6) is 0.254. The zero-order valence-electron chi connectivity index (χ0n) is 10.5. The first-order valence-electron chi connectivity index (χ1n) is 6.66. The van der Waals surface area contributed by atoms with E-state index in [-0.39, 0.29) is 17.0 Å². The number of nitrogens with two attached hydrogens (primary N) is 1. The number of benzene rings is 1. The van der Waals surface area contributed by atoms with Crippen molar-refractivity contribution < 1.29 is 8.81 Å². The molecule has 3 rings (SSSR count). The van der Waals surface area contributed by atoms with Crippen LogP contribution in [0.15, 0.2) is 16.5 Å². The normalized spacial score (nSPS) is 24.6. The van der Waals surface area contributed by atoms with E-state index in [9.17, 15) is 4.39 Å². The van der Waals surface area contributed by atoms with E-state index in [4.69, 9.17) is 21.8 Å². The lowest BCUT2D eigenvalue weighted by molar-refractivity contribution is 0.402. The molecule has 2 N–H and O–H groups in total. The Hall–Kier alpha value is -1.13. The van der Waals surface area contributed by atoms with Crippen LogP contribution in [0, 0.1) is 5.82 Å². The maximum Gasteiger partial charge on any atom is 0.200 e. The van der Waals surface area contributed by atoms with E-state index in [1.807, 2.05) is 0 Å². The molecule has 1 aromatic heterocycles. The minimum Gasteiger partial charge on any atom is -0.440 e. The Kier molecular flexibility index (Phi) is 3.46. The zero-order chi connectivity index (χ0) is 13.4. The van der Waals surface area contributed by atoms with Gasteiger partial charge < -0.3 is 10.2 Å². The summed E-state index contributed by atoms with van der Waals surface area (Å²) in [5.41, 5.74) is 7.23. The topological polar surface area (TPSA) is 52.0 Å². The van der Waals surface area contributed by atoms with E-state index in [1.165, 1.54) is 18.6 Å². The van der Waals surface area contributed by atoms with Crippen LogP contribution >= 0.6 is 11.6 Å². The van der Waals surface area contributed by atoms with Gasteiger partial charge in [-0.05, 0) is 18.9 Å². The fourth-order valence-corrected chi connectivity index (χ4v) is 2.90. The largest absolute Gasteiger partial charge is 0.440 e. The lowest BCUT2D eigenvalue weighted by Crippen LogP contribution is -2.27. The average Bonchev–Trinajstić information content (AvgIpc) is 2.63. The van der Waals surface area contributed by atoms with E-state index in [0.29, 0.717) is 17.0 Å². The van der Waals surface area contributed by atoms with Crippen LogP contribution in [0.1, 0.15) is 43.9 Å². The molecular weight excluding hydrogens is 267 g/mol. The van der Waals surface area contributed by atoms with E-state index in [2.05, 4.69) is 4.98 Å². The van der Waals surface area contributed by atoms with Gasteiger partial charge in [-0.3, -0.25) is 0 Å². The van der Waals surface area contributed by atoms with Crippen molar-refractivity contribution in [1.82, 2.24) is 4.98 Å². The number of hydrogen-bond acceptors (Lipinski definition) is 3. The summed E-state index contributed by atoms with van der Waals surface area (Å²) >= 11 is 5.76. The number of oxazole rings is 1. The Morgan fingerprint density at radius 2 is 2.05 bits per heavy atom. The van der Waals surface area contributed by atoms with Crippen LogP contribution in [-0.4, -0.2) is 11.0 Å². The standard InChI is InChI=1S/C14H16ClFN2O/c15-9-6-12-13(7-10(9)16)19-14(18-12)8-4-2-1-3-5-11(8)17/h6-8,11H,1-5,17H2. The van der Waals surface area contributed by atoms with Gasteiger partial charge in [-0.15, -0.1) is 0 Å². The van der Waals surface area contributed by atoms with Crippen LogP contribution in [0.4, 0.5) is 4.39 Å². The molecule has 1 saturated carbocycles. The Morgan fingerprint density at radius 1 is 1.26 bits per heavy atom. The van der Waals surface area contributed by atoms with Crippen LogP contribution in [0.2, 0.25) is 5.02 Å². The molecule has 1 aromatic carbocycles. The highest BCUT2D eigenvalue weighted by atomic mass is 35.5. The van der Waals surface area contributed by atoms with Crippen LogP contribution in [0.5, 0.6) is 0 Å². The van der Waals surface area contributed by atoms with Gasteiger partial charge in [0.1, 0.15) is 11.3 Å². The molecule has 1 aliphatic carbocycles. The first kappa shape index (κ1) is 12.9. The molecule has 1 aliphatic rings. The van der Waals surface area contributed by atoms with Crippen LogP contribution in [-0.2, 0) is 0 Å². The van der Waals surface area contributed by atoms with Crippen molar-refractivity contribution in [2.45, 2.75) is 44.1 Å². The van der Waals surface area contributed by atoms with Crippen molar-refractivity contribution in [2.24, 2.45) is 5.73 Å². The van der Waals surface area contributed by atoms with Gasteiger partial charge in [-0.1, -0.05) is 30.9 Å². The van der Waals surface area contributed by atoms with Crippen LogP contribution < -0.4 is 5.73 Å². The first-order valence-corrected chi connectivity index (χ1v) is 7.04. The number of aromatic nitrogens is 1. The second kappa shape index (κ2) is 5.10. The van der Waals surface area contributed by atoms with Gasteiger partial charge in [0, 0.05) is 12.1 Å². The minimum atomic E-state index is -0.484. The third kappa shape index (κ3) is 2.47. The summed E-state index contributed by atoms with van der Waals surface area (Å²) in [4.78, 5) is 4.43. The number of nitrogens with zero attached hydrogens (tertiary/aromatic N) is 1. The van der Waals surface area contributed by atoms with E-state index in [0.717, 1.165) is 25.7 Å². The number of halogens is 2. The summed E-state index contributed by atoms with van der Waals surface area (Å²) in [6, 6.07) is 2.86. The quantitative estimate of drug-likeness (QED) is 0.805. The van der Waals surface area contributed by atoms with Crippen molar-refractivity contribution >= 4 is 22.7 Å². The molecule has 0 amide bonds. The molecule has 5 heteroatoms. The molecule has 0 aliphatic heterocycles. The van der Waals surface area contributed by atoms with Crippen molar-refractivity contribution in [3.05, 3.63) is 28.9 Å². The fourth-order valence-electron chi connectivity index (χ4n) is 2.74. The van der Waals surface area contributed by atoms with Crippen molar-refractivity contribution in [3.63, 3.8) is 0 Å². The summed E-state index contributed by atoms with van der Waals surface area (Å²) in [7, 11) is 0. The molecule has 0 spiro atoms. The predicted octanol–water partition coefficient (Wildman–Crippen LogP) is 4.00. The molecule has 2 aromatic rings. The van der Waals surface area contributed by atoms with Gasteiger partial charge in [0.05, 0.1) is 10.9 Å². The summed E-state index contributed by atoms with van der Waals surface area (Å²) in [5, 5.41) is 0.0671. The first-order chi connectivity index (χ1) is 9.15.